The molecule has 16 heteroatoms. The van der Waals surface area contributed by atoms with Crippen LogP contribution in [0, 0.1) is 16.0 Å². The molecular formula is C30H31ClN6O8S. The number of ether oxygens (including phenoxy) is 3. The van der Waals surface area contributed by atoms with Gasteiger partial charge in [0.1, 0.15) is 23.1 Å². The van der Waals surface area contributed by atoms with Gasteiger partial charge >= 0.3 is 0 Å². The van der Waals surface area contributed by atoms with Gasteiger partial charge in [-0.25, -0.2) is 13.1 Å². The zero-order valence-corrected chi connectivity index (χ0v) is 26.0. The number of carbonyl (C=O) groups is 1. The number of nitrogens with zero attached hydrogens (tertiary/aromatic N) is 3. The summed E-state index contributed by atoms with van der Waals surface area (Å²) >= 11 is 0. The van der Waals surface area contributed by atoms with Crippen molar-refractivity contribution in [1.29, 1.82) is 0 Å². The highest BCUT2D eigenvalue weighted by Crippen LogP contribution is 2.44. The third kappa shape index (κ3) is 5.93. The third-order valence-corrected chi connectivity index (χ3v) is 9.70. The van der Waals surface area contributed by atoms with Crippen LogP contribution in [0.3, 0.4) is 0 Å². The second-order valence-corrected chi connectivity index (χ2v) is 12.9. The number of rotatable bonds is 8. The van der Waals surface area contributed by atoms with Crippen molar-refractivity contribution in [2.75, 3.05) is 43.2 Å². The molecular weight excluding hydrogens is 640 g/mol. The van der Waals surface area contributed by atoms with Crippen LogP contribution < -0.4 is 19.7 Å². The second-order valence-electron chi connectivity index (χ2n) is 11.2. The topological polar surface area (TPSA) is 178 Å². The Hall–Kier alpha value is -4.44. The van der Waals surface area contributed by atoms with Gasteiger partial charge in [-0.15, -0.1) is 12.4 Å². The Bertz CT molecular complexity index is 1900. The minimum Gasteiger partial charge on any atom is -0.468 e. The zero-order valence-electron chi connectivity index (χ0n) is 24.4. The van der Waals surface area contributed by atoms with Crippen LogP contribution in [-0.2, 0) is 19.5 Å². The standard InChI is InChI=1S/C30H30N6O8S.ClH/c37-29(34-45(40,41)20-5-6-22(24(14-20)36(38)39)32-15-18-8-11-42-12-9-18)21-3-1-2-4-23(21)35-25-13-19-7-10-31-28(19)33-30(25)44-27-17-43-16-26(27)35;/h1-7,10,13-14,18,26-27,32H,8-9,11-12,15-17H2,(H,31,33)(H,34,37);1H/t26-,27-;/m1./s1. The first kappa shape index (κ1) is 31.5. The lowest BCUT2D eigenvalue weighted by molar-refractivity contribution is -0.384. The van der Waals surface area contributed by atoms with E-state index < -0.39 is 31.4 Å². The predicted octanol–water partition coefficient (Wildman–Crippen LogP) is 4.15. The lowest BCUT2D eigenvalue weighted by Gasteiger charge is -2.39. The normalized spacial score (nSPS) is 19.4. The summed E-state index contributed by atoms with van der Waals surface area (Å²) in [5, 5.41) is 15.8. The van der Waals surface area contributed by atoms with Crippen LogP contribution in [0.15, 0.2) is 65.7 Å². The molecule has 242 valence electrons. The fourth-order valence-electron chi connectivity index (χ4n) is 6.02. The van der Waals surface area contributed by atoms with Crippen molar-refractivity contribution in [3.63, 3.8) is 0 Å². The van der Waals surface area contributed by atoms with Crippen LogP contribution >= 0.6 is 12.4 Å². The van der Waals surface area contributed by atoms with Crippen molar-refractivity contribution in [3.05, 3.63) is 76.5 Å². The van der Waals surface area contributed by atoms with Gasteiger partial charge in [0.15, 0.2) is 0 Å². The molecule has 0 unspecified atom stereocenters. The highest BCUT2D eigenvalue weighted by molar-refractivity contribution is 7.90. The van der Waals surface area contributed by atoms with Crippen molar-refractivity contribution in [1.82, 2.24) is 14.7 Å². The van der Waals surface area contributed by atoms with E-state index in [-0.39, 0.29) is 41.7 Å². The maximum Gasteiger partial charge on any atom is 0.293 e. The van der Waals surface area contributed by atoms with Crippen molar-refractivity contribution in [2.24, 2.45) is 5.92 Å². The molecule has 1 amide bonds. The monoisotopic (exact) mass is 670 g/mol. The molecule has 14 nitrogen and oxygen atoms in total. The number of para-hydroxylation sites is 1. The van der Waals surface area contributed by atoms with E-state index in [9.17, 15) is 23.3 Å². The Balaban J connectivity index is 0.00000372. The summed E-state index contributed by atoms with van der Waals surface area (Å²) in [6.45, 7) is 2.41. The fraction of sp³-hybridized carbons (Fsp3) is 0.333. The largest absolute Gasteiger partial charge is 0.468 e. The number of sulfonamides is 1. The van der Waals surface area contributed by atoms with Crippen LogP contribution in [-0.4, -0.2) is 74.3 Å². The molecule has 3 aliphatic rings. The quantitative estimate of drug-likeness (QED) is 0.181. The highest BCUT2D eigenvalue weighted by atomic mass is 35.5. The minimum absolute atomic E-state index is 0. The van der Waals surface area contributed by atoms with Gasteiger partial charge in [0, 0.05) is 37.4 Å². The number of hydrogen-bond donors (Lipinski definition) is 3. The first-order valence-electron chi connectivity index (χ1n) is 14.6. The van der Waals surface area contributed by atoms with E-state index >= 15 is 0 Å². The second kappa shape index (κ2) is 12.7. The summed E-state index contributed by atoms with van der Waals surface area (Å²) in [6.07, 6.45) is 3.07. The van der Waals surface area contributed by atoms with E-state index in [4.69, 9.17) is 14.2 Å². The molecule has 3 N–H and O–H groups in total. The molecule has 3 aliphatic heterocycles. The molecule has 2 atom stereocenters. The molecule has 5 heterocycles. The Morgan fingerprint density at radius 1 is 1.07 bits per heavy atom. The van der Waals surface area contributed by atoms with Gasteiger partial charge in [-0.2, -0.15) is 4.98 Å². The van der Waals surface area contributed by atoms with E-state index in [2.05, 4.69) is 20.0 Å². The number of aromatic amines is 1. The molecule has 2 saturated heterocycles. The average Bonchev–Trinajstić information content (AvgIpc) is 3.71. The van der Waals surface area contributed by atoms with E-state index in [1.807, 2.05) is 17.0 Å². The summed E-state index contributed by atoms with van der Waals surface area (Å²) in [4.78, 5) is 34.1. The van der Waals surface area contributed by atoms with Crippen molar-refractivity contribution >= 4 is 62.1 Å². The third-order valence-electron chi connectivity index (χ3n) is 8.37. The van der Waals surface area contributed by atoms with Crippen molar-refractivity contribution in [2.45, 2.75) is 29.9 Å². The van der Waals surface area contributed by atoms with Crippen LogP contribution in [0.5, 0.6) is 5.88 Å². The number of fused-ring (bicyclic) bond motifs is 3. The number of nitro groups is 1. The number of anilines is 3. The zero-order chi connectivity index (χ0) is 31.1. The van der Waals surface area contributed by atoms with Crippen molar-refractivity contribution < 1.29 is 32.3 Å². The molecule has 7 rings (SSSR count). The summed E-state index contributed by atoms with van der Waals surface area (Å²) in [5.74, 6) is -0.248. The number of benzene rings is 2. The van der Waals surface area contributed by atoms with Crippen molar-refractivity contribution in [3.8, 4) is 5.88 Å². The summed E-state index contributed by atoms with van der Waals surface area (Å²) in [6, 6.07) is 13.6. The van der Waals surface area contributed by atoms with Crippen LogP contribution in [0.1, 0.15) is 23.2 Å². The average molecular weight is 671 g/mol. The van der Waals surface area contributed by atoms with E-state index in [1.54, 1.807) is 24.4 Å². The molecule has 46 heavy (non-hydrogen) atoms. The van der Waals surface area contributed by atoms with Gasteiger partial charge in [0.05, 0.1) is 40.3 Å². The Morgan fingerprint density at radius 3 is 2.67 bits per heavy atom. The van der Waals surface area contributed by atoms with Gasteiger partial charge in [0.25, 0.3) is 21.6 Å². The maximum atomic E-state index is 13.7. The first-order chi connectivity index (χ1) is 21.8. The lowest BCUT2D eigenvalue weighted by Crippen LogP contribution is -2.47. The highest BCUT2D eigenvalue weighted by Gasteiger charge is 2.43. The molecule has 4 aromatic rings. The van der Waals surface area contributed by atoms with Gasteiger partial charge in [-0.1, -0.05) is 12.1 Å². The Kier molecular flexibility index (Phi) is 8.74. The molecule has 2 aromatic heterocycles. The van der Waals surface area contributed by atoms with Crippen LogP contribution in [0.2, 0.25) is 0 Å². The maximum absolute atomic E-state index is 13.7. The summed E-state index contributed by atoms with van der Waals surface area (Å²) in [5.41, 5.74) is 1.56. The number of halogens is 1. The Morgan fingerprint density at radius 2 is 1.87 bits per heavy atom. The van der Waals surface area contributed by atoms with Gasteiger partial charge in [-0.3, -0.25) is 14.9 Å². The number of carbonyl (C=O) groups excluding carboxylic acids is 1. The molecule has 2 fully saturated rings. The number of aromatic nitrogens is 2. The van der Waals surface area contributed by atoms with Crippen LogP contribution in [0.4, 0.5) is 22.7 Å². The lowest BCUT2D eigenvalue weighted by atomic mass is 10.0. The SMILES string of the molecule is Cl.O=C(NS(=O)(=O)c1ccc(NCC2CCOCC2)c([N+](=O)[O-])c1)c1ccccc1N1c2cc3cc[nH]c3nc2O[C@@H]2COC[C@H]21. The molecule has 0 radical (unpaired) electrons. The number of amides is 1. The van der Waals surface area contributed by atoms with E-state index in [1.165, 1.54) is 18.2 Å². The number of nitro benzene ring substituents is 1. The number of pyridine rings is 1. The van der Waals surface area contributed by atoms with E-state index in [0.29, 0.717) is 55.9 Å². The number of nitrogens with one attached hydrogen (secondary N) is 3. The molecule has 0 aliphatic carbocycles. The summed E-state index contributed by atoms with van der Waals surface area (Å²) < 4.78 is 46.2. The smallest absolute Gasteiger partial charge is 0.293 e. The molecule has 0 saturated carbocycles. The van der Waals surface area contributed by atoms with Gasteiger partial charge in [0.2, 0.25) is 5.88 Å². The Labute approximate surface area is 270 Å². The summed E-state index contributed by atoms with van der Waals surface area (Å²) in [7, 11) is -4.50. The van der Waals surface area contributed by atoms with Crippen LogP contribution in [0.25, 0.3) is 11.0 Å². The van der Waals surface area contributed by atoms with Gasteiger partial charge in [-0.05, 0) is 55.2 Å². The molecule has 0 spiro atoms. The molecule has 2 aromatic carbocycles. The predicted molar refractivity (Wildman–Crippen MR) is 171 cm³/mol. The minimum atomic E-state index is -4.50. The number of hydrogen-bond acceptors (Lipinski definition) is 11. The number of H-pyrrole nitrogens is 1. The molecule has 0 bridgehead atoms. The van der Waals surface area contributed by atoms with E-state index in [0.717, 1.165) is 24.3 Å². The fourth-order valence-corrected chi connectivity index (χ4v) is 7.00. The van der Waals surface area contributed by atoms with Gasteiger partial charge < -0.3 is 29.4 Å². The first-order valence-corrected chi connectivity index (χ1v) is 16.0.